The van der Waals surface area contributed by atoms with Gasteiger partial charge in [-0.1, -0.05) is 18.2 Å². The molecule has 0 radical (unpaired) electrons. The Kier molecular flexibility index (Phi) is 5.35. The predicted molar refractivity (Wildman–Crippen MR) is 103 cm³/mol. The number of aromatic nitrogens is 1. The number of hydrogen-bond acceptors (Lipinski definition) is 3. The zero-order chi connectivity index (χ0) is 20.3. The van der Waals surface area contributed by atoms with Gasteiger partial charge in [-0.2, -0.15) is 13.2 Å². The normalized spacial score (nSPS) is 11.2. The minimum Gasteiger partial charge on any atom is -0.340 e. The summed E-state index contributed by atoms with van der Waals surface area (Å²) in [5, 5.41) is 5.79. The molecule has 144 valence electrons. The summed E-state index contributed by atoms with van der Waals surface area (Å²) in [5.74, 6) is -0.106. The molecular weight excluding hydrogens is 367 g/mol. The fourth-order valence-corrected chi connectivity index (χ4v) is 2.76. The Hall–Kier alpha value is -3.35. The number of para-hydroxylation sites is 1. The lowest BCUT2D eigenvalue weighted by Gasteiger charge is -2.14. The Labute approximate surface area is 160 Å². The third-order valence-corrected chi connectivity index (χ3v) is 4.25. The second-order valence-electron chi connectivity index (χ2n) is 6.32. The quantitative estimate of drug-likeness (QED) is 0.605. The van der Waals surface area contributed by atoms with Crippen LogP contribution in [0.4, 0.5) is 30.4 Å². The lowest BCUT2D eigenvalue weighted by Crippen LogP contribution is -2.16. The molecule has 7 heteroatoms. The summed E-state index contributed by atoms with van der Waals surface area (Å²) in [6, 6.07) is 13.5. The van der Waals surface area contributed by atoms with Crippen LogP contribution in [0.15, 0.2) is 60.8 Å². The maximum absolute atomic E-state index is 12.8. The van der Waals surface area contributed by atoms with E-state index in [2.05, 4.69) is 15.6 Å². The number of nitrogens with zero attached hydrogens (tertiary/aromatic N) is 1. The minimum absolute atomic E-state index is 0.256. The third-order valence-electron chi connectivity index (χ3n) is 4.25. The summed E-state index contributed by atoms with van der Waals surface area (Å²) in [6.07, 6.45) is -2.90. The van der Waals surface area contributed by atoms with Crippen molar-refractivity contribution < 1.29 is 18.0 Å². The molecule has 0 spiro atoms. The first-order valence-corrected chi connectivity index (χ1v) is 8.52. The number of carbonyl (C=O) groups is 1. The maximum atomic E-state index is 12.8. The standard InChI is InChI=1S/C21H18F3N3O/c1-13-5-3-6-14(2)18(13)27-20(28)17-7-4-12-25-19(17)26-16-10-8-15(9-11-16)21(22,23)24/h3-12H,1-2H3,(H,25,26)(H,27,28). The van der Waals surface area contributed by atoms with Crippen LogP contribution in [0.1, 0.15) is 27.0 Å². The van der Waals surface area contributed by atoms with Crippen molar-refractivity contribution in [3.63, 3.8) is 0 Å². The van der Waals surface area contributed by atoms with Crippen LogP contribution in [0.5, 0.6) is 0 Å². The van der Waals surface area contributed by atoms with Crippen molar-refractivity contribution in [1.29, 1.82) is 0 Å². The van der Waals surface area contributed by atoms with E-state index in [1.807, 2.05) is 32.0 Å². The van der Waals surface area contributed by atoms with Gasteiger partial charge in [-0.05, 0) is 61.4 Å². The van der Waals surface area contributed by atoms with Gasteiger partial charge in [-0.25, -0.2) is 4.98 Å². The highest BCUT2D eigenvalue weighted by Crippen LogP contribution is 2.30. The van der Waals surface area contributed by atoms with Gasteiger partial charge in [0, 0.05) is 17.6 Å². The first-order valence-electron chi connectivity index (χ1n) is 8.52. The van der Waals surface area contributed by atoms with E-state index in [0.29, 0.717) is 5.69 Å². The van der Waals surface area contributed by atoms with Crippen molar-refractivity contribution in [2.45, 2.75) is 20.0 Å². The number of hydrogen-bond donors (Lipinski definition) is 2. The highest BCUT2D eigenvalue weighted by Gasteiger charge is 2.30. The minimum atomic E-state index is -4.40. The number of benzene rings is 2. The molecule has 0 unspecified atom stereocenters. The van der Waals surface area contributed by atoms with Crippen molar-refractivity contribution in [2.24, 2.45) is 0 Å². The molecule has 4 nitrogen and oxygen atoms in total. The molecule has 0 aliphatic rings. The Balaban J connectivity index is 1.84. The third kappa shape index (κ3) is 4.31. The monoisotopic (exact) mass is 385 g/mol. The Morgan fingerprint density at radius 2 is 1.57 bits per heavy atom. The van der Waals surface area contributed by atoms with Crippen LogP contribution in [0.3, 0.4) is 0 Å². The number of nitrogens with one attached hydrogen (secondary N) is 2. The molecule has 0 aliphatic carbocycles. The van der Waals surface area contributed by atoms with Crippen molar-refractivity contribution >= 4 is 23.1 Å². The van der Waals surface area contributed by atoms with E-state index < -0.39 is 11.7 Å². The molecule has 0 atom stereocenters. The van der Waals surface area contributed by atoms with E-state index >= 15 is 0 Å². The van der Waals surface area contributed by atoms with Crippen LogP contribution in [0, 0.1) is 13.8 Å². The van der Waals surface area contributed by atoms with Crippen molar-refractivity contribution in [1.82, 2.24) is 4.98 Å². The highest BCUT2D eigenvalue weighted by molar-refractivity contribution is 6.08. The Bertz CT molecular complexity index is 978. The summed E-state index contributed by atoms with van der Waals surface area (Å²) in [7, 11) is 0. The average Bonchev–Trinajstić information content (AvgIpc) is 2.65. The van der Waals surface area contributed by atoms with E-state index in [4.69, 9.17) is 0 Å². The maximum Gasteiger partial charge on any atom is 0.416 e. The fourth-order valence-electron chi connectivity index (χ4n) is 2.76. The zero-order valence-corrected chi connectivity index (χ0v) is 15.3. The first kappa shape index (κ1) is 19.4. The van der Waals surface area contributed by atoms with Crippen LogP contribution in [0.2, 0.25) is 0 Å². The number of carbonyl (C=O) groups excluding carboxylic acids is 1. The average molecular weight is 385 g/mol. The highest BCUT2D eigenvalue weighted by atomic mass is 19.4. The van der Waals surface area contributed by atoms with Gasteiger partial charge in [-0.15, -0.1) is 0 Å². The molecule has 1 amide bonds. The number of aryl methyl sites for hydroxylation is 2. The summed E-state index contributed by atoms with van der Waals surface area (Å²) < 4.78 is 38.1. The van der Waals surface area contributed by atoms with Gasteiger partial charge in [0.2, 0.25) is 0 Å². The number of alkyl halides is 3. The van der Waals surface area contributed by atoms with E-state index in [9.17, 15) is 18.0 Å². The molecule has 0 saturated heterocycles. The molecule has 3 aromatic rings. The fraction of sp³-hybridized carbons (Fsp3) is 0.143. The molecule has 28 heavy (non-hydrogen) atoms. The van der Waals surface area contributed by atoms with Crippen LogP contribution < -0.4 is 10.6 Å². The molecule has 1 heterocycles. The number of amides is 1. The lowest BCUT2D eigenvalue weighted by molar-refractivity contribution is -0.137. The zero-order valence-electron chi connectivity index (χ0n) is 15.3. The van der Waals surface area contributed by atoms with Crippen LogP contribution in [0.25, 0.3) is 0 Å². The van der Waals surface area contributed by atoms with Crippen LogP contribution in [-0.4, -0.2) is 10.9 Å². The molecule has 2 N–H and O–H groups in total. The predicted octanol–water partition coefficient (Wildman–Crippen LogP) is 5.71. The van der Waals surface area contributed by atoms with Gasteiger partial charge < -0.3 is 10.6 Å². The molecule has 3 rings (SSSR count). The van der Waals surface area contributed by atoms with Crippen molar-refractivity contribution in [3.05, 3.63) is 83.0 Å². The molecular formula is C21H18F3N3O. The van der Waals surface area contributed by atoms with E-state index in [-0.39, 0.29) is 17.3 Å². The van der Waals surface area contributed by atoms with Crippen LogP contribution >= 0.6 is 0 Å². The SMILES string of the molecule is Cc1cccc(C)c1NC(=O)c1cccnc1Nc1ccc(C(F)(F)F)cc1. The number of anilines is 3. The molecule has 0 bridgehead atoms. The Morgan fingerprint density at radius 1 is 0.929 bits per heavy atom. The van der Waals surface area contributed by atoms with Crippen molar-refractivity contribution in [3.8, 4) is 0 Å². The summed E-state index contributed by atoms with van der Waals surface area (Å²) >= 11 is 0. The summed E-state index contributed by atoms with van der Waals surface area (Å²) in [6.45, 7) is 3.79. The smallest absolute Gasteiger partial charge is 0.340 e. The molecule has 0 saturated carbocycles. The van der Waals surface area contributed by atoms with Gasteiger partial charge in [-0.3, -0.25) is 4.79 Å². The van der Waals surface area contributed by atoms with Gasteiger partial charge in [0.15, 0.2) is 0 Å². The molecule has 1 aromatic heterocycles. The first-order chi connectivity index (χ1) is 13.3. The molecule has 2 aromatic carbocycles. The second kappa shape index (κ2) is 7.72. The number of rotatable bonds is 4. The van der Waals surface area contributed by atoms with Gasteiger partial charge in [0.05, 0.1) is 11.1 Å². The van der Waals surface area contributed by atoms with Crippen LogP contribution in [-0.2, 0) is 6.18 Å². The molecule has 0 aliphatic heterocycles. The summed E-state index contributed by atoms with van der Waals surface area (Å²) in [5.41, 5.74) is 2.51. The van der Waals surface area contributed by atoms with Crippen molar-refractivity contribution in [2.75, 3.05) is 10.6 Å². The van der Waals surface area contributed by atoms with Gasteiger partial charge >= 0.3 is 6.18 Å². The van der Waals surface area contributed by atoms with Gasteiger partial charge in [0.1, 0.15) is 5.82 Å². The number of pyridine rings is 1. The lowest BCUT2D eigenvalue weighted by atomic mass is 10.1. The van der Waals surface area contributed by atoms with Gasteiger partial charge in [0.25, 0.3) is 5.91 Å². The second-order valence-corrected chi connectivity index (χ2v) is 6.32. The van der Waals surface area contributed by atoms with E-state index in [1.165, 1.54) is 18.3 Å². The Morgan fingerprint density at radius 3 is 2.18 bits per heavy atom. The van der Waals surface area contributed by atoms with E-state index in [1.54, 1.807) is 12.1 Å². The largest absolute Gasteiger partial charge is 0.416 e. The summed E-state index contributed by atoms with van der Waals surface area (Å²) in [4.78, 5) is 16.9. The number of halogens is 3. The van der Waals surface area contributed by atoms with E-state index in [0.717, 1.165) is 28.9 Å². The topological polar surface area (TPSA) is 54.0 Å². The molecule has 0 fully saturated rings.